The van der Waals surface area contributed by atoms with Crippen LogP contribution >= 0.6 is 11.6 Å². The Labute approximate surface area is 120 Å². The van der Waals surface area contributed by atoms with Crippen molar-refractivity contribution in [2.24, 2.45) is 0 Å². The highest BCUT2D eigenvalue weighted by atomic mass is 35.5. The highest BCUT2D eigenvalue weighted by Gasteiger charge is 2.20. The van der Waals surface area contributed by atoms with Crippen molar-refractivity contribution in [3.8, 4) is 5.75 Å². The molecule has 19 heavy (non-hydrogen) atoms. The quantitative estimate of drug-likeness (QED) is 0.801. The van der Waals surface area contributed by atoms with Crippen molar-refractivity contribution < 1.29 is 4.74 Å². The minimum atomic E-state index is 0.248. The molecule has 0 saturated heterocycles. The number of halogens is 1. The first-order valence-corrected chi connectivity index (χ1v) is 7.39. The van der Waals surface area contributed by atoms with Gasteiger partial charge >= 0.3 is 0 Å². The Bertz CT molecular complexity index is 456. The monoisotopic (exact) mass is 279 g/mol. The van der Waals surface area contributed by atoms with Crippen LogP contribution in [0, 0.1) is 0 Å². The van der Waals surface area contributed by atoms with Gasteiger partial charge in [0.05, 0.1) is 13.2 Å². The van der Waals surface area contributed by atoms with E-state index in [4.69, 9.17) is 16.3 Å². The van der Waals surface area contributed by atoms with E-state index in [1.807, 2.05) is 12.1 Å². The second-order valence-electron chi connectivity index (χ2n) is 4.90. The minimum absolute atomic E-state index is 0.248. The van der Waals surface area contributed by atoms with Crippen LogP contribution in [0.4, 0.5) is 0 Å². The maximum atomic E-state index is 6.05. The molecular formula is C16H22ClNO. The second kappa shape index (κ2) is 6.97. The maximum absolute atomic E-state index is 6.05. The number of hydrogen-bond donors (Lipinski definition) is 1. The Morgan fingerprint density at radius 2 is 2.21 bits per heavy atom. The van der Waals surface area contributed by atoms with Crippen molar-refractivity contribution >= 4 is 11.6 Å². The van der Waals surface area contributed by atoms with E-state index in [-0.39, 0.29) is 6.04 Å². The zero-order valence-electron chi connectivity index (χ0n) is 11.7. The van der Waals surface area contributed by atoms with E-state index in [9.17, 15) is 0 Å². The molecule has 0 bridgehead atoms. The molecule has 0 fully saturated rings. The molecule has 2 rings (SSSR count). The molecule has 1 aliphatic rings. The summed E-state index contributed by atoms with van der Waals surface area (Å²) in [6.07, 6.45) is 7.32. The maximum Gasteiger partial charge on any atom is 0.125 e. The van der Waals surface area contributed by atoms with E-state index < -0.39 is 0 Å². The van der Waals surface area contributed by atoms with Crippen LogP contribution in [0.2, 0.25) is 5.02 Å². The fraction of sp³-hybridized carbons (Fsp3) is 0.500. The number of nitrogens with one attached hydrogen (secondary N) is 1. The number of allylic oxidation sites excluding steroid dienone is 1. The highest BCUT2D eigenvalue weighted by molar-refractivity contribution is 6.30. The number of hydrogen-bond acceptors (Lipinski definition) is 2. The smallest absolute Gasteiger partial charge is 0.125 e. The van der Waals surface area contributed by atoms with Gasteiger partial charge in [-0.2, -0.15) is 0 Å². The standard InChI is InChI=1S/C16H22ClNO/c1-3-18-16(12-7-5-4-6-8-12)14-10-9-13(17)11-15(14)19-2/h7,9-11,16,18H,3-6,8H2,1-2H3. The first kappa shape index (κ1) is 14.4. The van der Waals surface area contributed by atoms with Crippen LogP contribution in [0.3, 0.4) is 0 Å². The van der Waals surface area contributed by atoms with Gasteiger partial charge in [-0.05, 0) is 44.4 Å². The average molecular weight is 280 g/mol. The van der Waals surface area contributed by atoms with Crippen LogP contribution in [-0.2, 0) is 0 Å². The van der Waals surface area contributed by atoms with Crippen LogP contribution < -0.4 is 10.1 Å². The Kier molecular flexibility index (Phi) is 5.29. The molecule has 1 aromatic carbocycles. The number of ether oxygens (including phenoxy) is 1. The molecule has 3 heteroatoms. The topological polar surface area (TPSA) is 21.3 Å². The zero-order chi connectivity index (χ0) is 13.7. The molecule has 0 spiro atoms. The van der Waals surface area contributed by atoms with E-state index in [1.165, 1.54) is 36.8 Å². The molecular weight excluding hydrogens is 258 g/mol. The third-order valence-electron chi connectivity index (χ3n) is 3.61. The van der Waals surface area contributed by atoms with Crippen molar-refractivity contribution in [3.05, 3.63) is 40.4 Å². The lowest BCUT2D eigenvalue weighted by Crippen LogP contribution is -2.24. The SMILES string of the molecule is CCNC(C1=CCCCC1)c1ccc(Cl)cc1OC. The summed E-state index contributed by atoms with van der Waals surface area (Å²) in [5.74, 6) is 0.866. The van der Waals surface area contributed by atoms with E-state index in [2.05, 4.69) is 24.4 Å². The van der Waals surface area contributed by atoms with Crippen LogP contribution in [0.5, 0.6) is 5.75 Å². The van der Waals surface area contributed by atoms with Gasteiger partial charge in [-0.15, -0.1) is 0 Å². The summed E-state index contributed by atoms with van der Waals surface area (Å²) in [6, 6.07) is 6.15. The largest absolute Gasteiger partial charge is 0.496 e. The van der Waals surface area contributed by atoms with Gasteiger partial charge in [0.2, 0.25) is 0 Å². The van der Waals surface area contributed by atoms with E-state index in [0.29, 0.717) is 5.02 Å². The predicted octanol–water partition coefficient (Wildman–Crippen LogP) is 4.50. The Balaban J connectivity index is 2.35. The van der Waals surface area contributed by atoms with E-state index in [0.717, 1.165) is 12.3 Å². The summed E-state index contributed by atoms with van der Waals surface area (Å²) in [5, 5.41) is 4.29. The minimum Gasteiger partial charge on any atom is -0.496 e. The lowest BCUT2D eigenvalue weighted by atomic mass is 9.89. The number of methoxy groups -OCH3 is 1. The molecule has 0 aliphatic heterocycles. The molecule has 104 valence electrons. The van der Waals surface area contributed by atoms with Crippen LogP contribution in [0.15, 0.2) is 29.8 Å². The summed E-state index contributed by atoms with van der Waals surface area (Å²) in [6.45, 7) is 3.08. The van der Waals surface area contributed by atoms with Gasteiger partial charge in [0, 0.05) is 10.6 Å². The fourth-order valence-corrected chi connectivity index (χ4v) is 2.86. The molecule has 1 aromatic rings. The lowest BCUT2D eigenvalue weighted by molar-refractivity contribution is 0.402. The normalized spacial score (nSPS) is 16.9. The average Bonchev–Trinajstić information content (AvgIpc) is 2.46. The van der Waals surface area contributed by atoms with Gasteiger partial charge in [0.15, 0.2) is 0 Å². The molecule has 0 saturated carbocycles. The molecule has 0 aromatic heterocycles. The predicted molar refractivity (Wildman–Crippen MR) is 81.0 cm³/mol. The molecule has 1 atom stereocenters. The lowest BCUT2D eigenvalue weighted by Gasteiger charge is -2.26. The Morgan fingerprint density at radius 3 is 2.84 bits per heavy atom. The number of benzene rings is 1. The summed E-state index contributed by atoms with van der Waals surface area (Å²) in [4.78, 5) is 0. The highest BCUT2D eigenvalue weighted by Crippen LogP contribution is 2.35. The van der Waals surface area contributed by atoms with Crippen LogP contribution in [0.1, 0.15) is 44.2 Å². The zero-order valence-corrected chi connectivity index (χ0v) is 12.5. The van der Waals surface area contributed by atoms with E-state index in [1.54, 1.807) is 7.11 Å². The van der Waals surface area contributed by atoms with Gasteiger partial charge in [0.25, 0.3) is 0 Å². The Hall–Kier alpha value is -0.990. The van der Waals surface area contributed by atoms with Gasteiger partial charge in [-0.1, -0.05) is 36.2 Å². The van der Waals surface area contributed by atoms with Crippen molar-refractivity contribution in [2.45, 2.75) is 38.6 Å². The number of likely N-dealkylation sites (N-methyl/N-ethyl adjacent to an activating group) is 1. The van der Waals surface area contributed by atoms with Gasteiger partial charge in [0.1, 0.15) is 5.75 Å². The van der Waals surface area contributed by atoms with Crippen LogP contribution in [0.25, 0.3) is 0 Å². The Morgan fingerprint density at radius 1 is 1.37 bits per heavy atom. The third-order valence-corrected chi connectivity index (χ3v) is 3.85. The summed E-state index contributed by atoms with van der Waals surface area (Å²) < 4.78 is 5.49. The molecule has 0 heterocycles. The number of rotatable bonds is 5. The van der Waals surface area contributed by atoms with Crippen molar-refractivity contribution in [3.63, 3.8) is 0 Å². The summed E-state index contributed by atoms with van der Waals surface area (Å²) >= 11 is 6.05. The van der Waals surface area contributed by atoms with E-state index >= 15 is 0 Å². The first-order valence-electron chi connectivity index (χ1n) is 7.02. The van der Waals surface area contributed by atoms with Gasteiger partial charge < -0.3 is 10.1 Å². The van der Waals surface area contributed by atoms with Gasteiger partial charge in [-0.3, -0.25) is 0 Å². The molecule has 1 aliphatic carbocycles. The first-order chi connectivity index (χ1) is 9.26. The summed E-state index contributed by atoms with van der Waals surface area (Å²) in [5.41, 5.74) is 2.66. The van der Waals surface area contributed by atoms with Crippen molar-refractivity contribution in [2.75, 3.05) is 13.7 Å². The van der Waals surface area contributed by atoms with Crippen LogP contribution in [-0.4, -0.2) is 13.7 Å². The third kappa shape index (κ3) is 3.52. The fourth-order valence-electron chi connectivity index (χ4n) is 2.69. The van der Waals surface area contributed by atoms with Crippen molar-refractivity contribution in [1.29, 1.82) is 0 Å². The molecule has 2 nitrogen and oxygen atoms in total. The molecule has 1 unspecified atom stereocenters. The second-order valence-corrected chi connectivity index (χ2v) is 5.34. The van der Waals surface area contributed by atoms with Gasteiger partial charge in [-0.25, -0.2) is 0 Å². The summed E-state index contributed by atoms with van der Waals surface area (Å²) in [7, 11) is 1.70. The molecule has 0 amide bonds. The molecule has 0 radical (unpaired) electrons. The van der Waals surface area contributed by atoms with Crippen molar-refractivity contribution in [1.82, 2.24) is 5.32 Å². The molecule has 1 N–H and O–H groups in total.